The Kier molecular flexibility index (Phi) is 6.02. The molecule has 1 N–H and O–H groups in total. The van der Waals surface area contributed by atoms with Crippen LogP contribution in [0.4, 0.5) is 0 Å². The van der Waals surface area contributed by atoms with Gasteiger partial charge in [-0.15, -0.1) is 0 Å². The number of nitrogens with one attached hydrogen (secondary N) is 1. The van der Waals surface area contributed by atoms with Crippen LogP contribution in [0.25, 0.3) is 0 Å². The van der Waals surface area contributed by atoms with Gasteiger partial charge in [-0.2, -0.15) is 0 Å². The monoisotopic (exact) mass is 303 g/mol. The maximum absolute atomic E-state index is 5.44. The van der Waals surface area contributed by atoms with Crippen LogP contribution in [0, 0.1) is 0 Å². The molecule has 0 amide bonds. The average Bonchev–Trinajstić information content (AvgIpc) is 2.52. The van der Waals surface area contributed by atoms with Gasteiger partial charge in [0.15, 0.2) is 5.16 Å². The summed E-state index contributed by atoms with van der Waals surface area (Å²) in [4.78, 5) is 8.46. The third-order valence-corrected chi connectivity index (χ3v) is 3.88. The third kappa shape index (κ3) is 5.02. The number of hydrogen-bond acceptors (Lipinski definition) is 5. The van der Waals surface area contributed by atoms with Crippen molar-refractivity contribution in [1.29, 1.82) is 0 Å². The molecule has 0 radical (unpaired) electrons. The van der Waals surface area contributed by atoms with Gasteiger partial charge < -0.3 is 10.1 Å². The van der Waals surface area contributed by atoms with Gasteiger partial charge in [0.05, 0.1) is 7.11 Å². The van der Waals surface area contributed by atoms with Crippen LogP contribution in [0.2, 0.25) is 0 Å². The Hall–Kier alpha value is -1.59. The molecular weight excluding hydrogens is 282 g/mol. The lowest BCUT2D eigenvalue weighted by Gasteiger charge is -2.12. The van der Waals surface area contributed by atoms with E-state index in [1.165, 1.54) is 5.56 Å². The minimum Gasteiger partial charge on any atom is -0.496 e. The highest BCUT2D eigenvalue weighted by molar-refractivity contribution is 7.98. The van der Waals surface area contributed by atoms with E-state index in [4.69, 9.17) is 4.74 Å². The van der Waals surface area contributed by atoms with Crippen molar-refractivity contribution in [2.75, 3.05) is 7.11 Å². The van der Waals surface area contributed by atoms with Crippen LogP contribution in [-0.4, -0.2) is 23.1 Å². The quantitative estimate of drug-likeness (QED) is 0.628. The van der Waals surface area contributed by atoms with E-state index in [0.29, 0.717) is 6.04 Å². The molecule has 0 aliphatic rings. The average molecular weight is 303 g/mol. The number of aromatic nitrogens is 2. The Morgan fingerprint density at radius 2 is 2.00 bits per heavy atom. The predicted octanol–water partition coefficient (Wildman–Crippen LogP) is 3.28. The van der Waals surface area contributed by atoms with Crippen LogP contribution in [0.3, 0.4) is 0 Å². The van der Waals surface area contributed by atoms with E-state index in [1.807, 2.05) is 12.1 Å². The minimum absolute atomic E-state index is 0.475. The van der Waals surface area contributed by atoms with Crippen LogP contribution in [0.1, 0.15) is 25.0 Å². The maximum Gasteiger partial charge on any atom is 0.187 e. The van der Waals surface area contributed by atoms with Crippen LogP contribution >= 0.6 is 11.8 Å². The van der Waals surface area contributed by atoms with Crippen molar-refractivity contribution in [2.45, 2.75) is 37.3 Å². The summed E-state index contributed by atoms with van der Waals surface area (Å²) in [7, 11) is 1.70. The lowest BCUT2D eigenvalue weighted by Crippen LogP contribution is -2.21. The van der Waals surface area contributed by atoms with Gasteiger partial charge in [-0.05, 0) is 23.8 Å². The van der Waals surface area contributed by atoms with Gasteiger partial charge in [-0.1, -0.05) is 31.7 Å². The molecule has 0 fully saturated rings. The van der Waals surface area contributed by atoms with E-state index in [2.05, 4.69) is 41.3 Å². The molecule has 0 atom stereocenters. The largest absolute Gasteiger partial charge is 0.496 e. The fraction of sp³-hybridized carbons (Fsp3) is 0.375. The fourth-order valence-electron chi connectivity index (χ4n) is 1.88. The van der Waals surface area contributed by atoms with Gasteiger partial charge in [0.1, 0.15) is 5.75 Å². The SMILES string of the molecule is COc1ccc(CNC(C)C)cc1CSc1ncccn1. The maximum atomic E-state index is 5.44. The number of thioether (sulfide) groups is 1. The van der Waals surface area contributed by atoms with Gasteiger partial charge >= 0.3 is 0 Å². The zero-order chi connectivity index (χ0) is 15.1. The first-order valence-corrected chi connectivity index (χ1v) is 7.96. The normalized spacial score (nSPS) is 10.9. The highest BCUT2D eigenvalue weighted by atomic mass is 32.2. The molecule has 0 saturated carbocycles. The van der Waals surface area contributed by atoms with Crippen molar-refractivity contribution < 1.29 is 4.74 Å². The summed E-state index contributed by atoms with van der Waals surface area (Å²) in [5, 5.41) is 4.21. The molecular formula is C16H21N3OS. The molecule has 1 aromatic heterocycles. The van der Waals surface area contributed by atoms with Crippen LogP contribution in [0.5, 0.6) is 5.75 Å². The standard InChI is InChI=1S/C16H21N3OS/c1-12(2)19-10-13-5-6-15(20-3)14(9-13)11-21-16-17-7-4-8-18-16/h4-9,12,19H,10-11H2,1-3H3. The zero-order valence-electron chi connectivity index (χ0n) is 12.7. The molecule has 0 saturated heterocycles. The van der Waals surface area contributed by atoms with Gasteiger partial charge in [-0.3, -0.25) is 0 Å². The van der Waals surface area contributed by atoms with Crippen LogP contribution in [-0.2, 0) is 12.3 Å². The molecule has 1 heterocycles. The molecule has 0 bridgehead atoms. The Bertz CT molecular complexity index is 561. The van der Waals surface area contributed by atoms with Crippen LogP contribution in [0.15, 0.2) is 41.8 Å². The molecule has 112 valence electrons. The molecule has 0 spiro atoms. The number of hydrogen-bond donors (Lipinski definition) is 1. The van der Waals surface area contributed by atoms with E-state index >= 15 is 0 Å². The van der Waals surface area contributed by atoms with E-state index in [1.54, 1.807) is 31.3 Å². The van der Waals surface area contributed by atoms with Gasteiger partial charge in [-0.25, -0.2) is 9.97 Å². The smallest absolute Gasteiger partial charge is 0.187 e. The van der Waals surface area contributed by atoms with Crippen molar-refractivity contribution in [3.05, 3.63) is 47.8 Å². The number of nitrogens with zero attached hydrogens (tertiary/aromatic N) is 2. The van der Waals surface area contributed by atoms with E-state index in [-0.39, 0.29) is 0 Å². The molecule has 2 rings (SSSR count). The zero-order valence-corrected chi connectivity index (χ0v) is 13.5. The lowest BCUT2D eigenvalue weighted by atomic mass is 10.1. The van der Waals surface area contributed by atoms with Gasteiger partial charge in [0.25, 0.3) is 0 Å². The molecule has 5 heteroatoms. The molecule has 0 unspecified atom stereocenters. The Balaban J connectivity index is 2.06. The highest BCUT2D eigenvalue weighted by Gasteiger charge is 2.07. The highest BCUT2D eigenvalue weighted by Crippen LogP contribution is 2.27. The molecule has 1 aromatic carbocycles. The lowest BCUT2D eigenvalue weighted by molar-refractivity contribution is 0.411. The number of ether oxygens (including phenoxy) is 1. The van der Waals surface area contributed by atoms with E-state index < -0.39 is 0 Å². The second-order valence-electron chi connectivity index (χ2n) is 5.00. The van der Waals surface area contributed by atoms with Crippen LogP contribution < -0.4 is 10.1 Å². The van der Waals surface area contributed by atoms with E-state index in [9.17, 15) is 0 Å². The summed E-state index contributed by atoms with van der Waals surface area (Å²) in [6.07, 6.45) is 3.52. The summed E-state index contributed by atoms with van der Waals surface area (Å²) >= 11 is 1.61. The topological polar surface area (TPSA) is 47.0 Å². The van der Waals surface area contributed by atoms with Crippen molar-refractivity contribution >= 4 is 11.8 Å². The van der Waals surface area contributed by atoms with Gasteiger partial charge in [0, 0.05) is 36.3 Å². The summed E-state index contributed by atoms with van der Waals surface area (Å²) in [5.74, 6) is 1.70. The number of rotatable bonds is 7. The third-order valence-electron chi connectivity index (χ3n) is 2.96. The Morgan fingerprint density at radius 3 is 2.67 bits per heavy atom. The molecule has 21 heavy (non-hydrogen) atoms. The first kappa shape index (κ1) is 15.8. The second-order valence-corrected chi connectivity index (χ2v) is 5.94. The molecule has 0 aliphatic carbocycles. The predicted molar refractivity (Wildman–Crippen MR) is 86.6 cm³/mol. The van der Waals surface area contributed by atoms with Crippen molar-refractivity contribution in [3.8, 4) is 5.75 Å². The summed E-state index contributed by atoms with van der Waals surface area (Å²) in [5.41, 5.74) is 2.42. The first-order chi connectivity index (χ1) is 10.2. The van der Waals surface area contributed by atoms with Crippen molar-refractivity contribution in [3.63, 3.8) is 0 Å². The minimum atomic E-state index is 0.475. The van der Waals surface area contributed by atoms with Crippen molar-refractivity contribution in [1.82, 2.24) is 15.3 Å². The Labute approximate surface area is 130 Å². The summed E-state index contributed by atoms with van der Waals surface area (Å²) < 4.78 is 5.44. The van der Waals surface area contributed by atoms with Crippen molar-refractivity contribution in [2.24, 2.45) is 0 Å². The summed E-state index contributed by atoms with van der Waals surface area (Å²) in [6.45, 7) is 5.15. The molecule has 4 nitrogen and oxygen atoms in total. The fourth-order valence-corrected chi connectivity index (χ4v) is 2.66. The molecule has 2 aromatic rings. The molecule has 0 aliphatic heterocycles. The number of methoxy groups -OCH3 is 1. The van der Waals surface area contributed by atoms with E-state index in [0.717, 1.165) is 28.8 Å². The summed E-state index contributed by atoms with van der Waals surface area (Å²) in [6, 6.07) is 8.61. The van der Waals surface area contributed by atoms with Gasteiger partial charge in [0.2, 0.25) is 0 Å². The Morgan fingerprint density at radius 1 is 1.24 bits per heavy atom. The first-order valence-electron chi connectivity index (χ1n) is 6.98. The second kappa shape index (κ2) is 8.00. The number of benzene rings is 1.